The second kappa shape index (κ2) is 30.7. The first-order valence-corrected chi connectivity index (χ1v) is 50.4. The van der Waals surface area contributed by atoms with Crippen LogP contribution in [-0.2, 0) is 61.1 Å². The van der Waals surface area contributed by atoms with Crippen molar-refractivity contribution >= 4 is 96.4 Å². The smallest absolute Gasteiger partial charge is 0.870 e. The van der Waals surface area contributed by atoms with Gasteiger partial charge in [0.1, 0.15) is 0 Å². The van der Waals surface area contributed by atoms with Crippen molar-refractivity contribution in [2.45, 2.75) is 347 Å². The van der Waals surface area contributed by atoms with Crippen LogP contribution in [0.15, 0.2) is 0 Å². The molecule has 32 fully saturated rings. The fourth-order valence-corrected chi connectivity index (χ4v) is 46.2. The molecule has 4 atom stereocenters. The normalized spacial score (nSPS) is 54.5. The maximum absolute atomic E-state index is 13.1. The molecule has 32 rings (SSSR count). The zero-order valence-electron chi connectivity index (χ0n) is 62.9. The van der Waals surface area contributed by atoms with Crippen LogP contribution in [0.4, 0.5) is 0 Å². The Kier molecular flexibility index (Phi) is 23.8. The van der Waals surface area contributed by atoms with Crippen molar-refractivity contribution in [3.8, 4) is 0 Å². The third-order valence-electron chi connectivity index (χ3n) is 34.3. The predicted octanol–water partition coefficient (Wildman–Crippen LogP) is 16.2. The van der Waals surface area contributed by atoms with Gasteiger partial charge in [0.2, 0.25) is 0 Å². The van der Waals surface area contributed by atoms with Gasteiger partial charge in [0.15, 0.2) is 56.2 Å². The molecule has 32 aliphatic carbocycles. The van der Waals surface area contributed by atoms with Crippen molar-refractivity contribution in [1.82, 2.24) is 0 Å². The molecule has 32 saturated carbocycles. The molecular formula is C83H132BrNaO11S7. The van der Waals surface area contributed by atoms with Crippen LogP contribution in [0.5, 0.6) is 0 Å². The SMILES string of the molecule is BrC12CC3CC(CC(C3)C1)C2.C(SC12CC3CC(CC(C3)C1)C2)SC12CC3CC(CC(C3)C1)C2.O.O.O=S(COS(=O)C12CC3CC(CC(C3)C1)C2)OC12CC3CC(CC(C3)C1)C2.O=S(COS(=O)C12CC3CC(CC(C3)C1)C2)OC12CC3CC(CC(C3)C1)C2.SC12CC3CC(CC(C3)C1)C2.[Na+].[OH-]. The van der Waals surface area contributed by atoms with E-state index in [1.807, 2.05) is 0 Å². The Bertz CT molecular complexity index is 2650. The van der Waals surface area contributed by atoms with Gasteiger partial charge in [-0.2, -0.15) is 12.6 Å². The van der Waals surface area contributed by atoms with E-state index in [-0.39, 0.29) is 78.6 Å². The summed E-state index contributed by atoms with van der Waals surface area (Å²) in [6.07, 6.45) is 66.0. The second-order valence-electron chi connectivity index (χ2n) is 42.9. The zero-order valence-corrected chi connectivity index (χ0v) is 72.3. The molecule has 0 radical (unpaired) electrons. The maximum Gasteiger partial charge on any atom is 1.00 e. The van der Waals surface area contributed by atoms with E-state index in [9.17, 15) is 16.8 Å². The first-order valence-electron chi connectivity index (χ1n) is 42.6. The van der Waals surface area contributed by atoms with Crippen molar-refractivity contribution < 1.29 is 79.6 Å². The van der Waals surface area contributed by atoms with Crippen LogP contribution in [0.3, 0.4) is 0 Å². The minimum Gasteiger partial charge on any atom is -0.870 e. The van der Waals surface area contributed by atoms with Crippen LogP contribution in [-0.4, -0.2) is 89.5 Å². The molecule has 32 bridgehead atoms. The summed E-state index contributed by atoms with van der Waals surface area (Å²) in [6.45, 7) is 0. The van der Waals surface area contributed by atoms with Gasteiger partial charge in [-0.1, -0.05) is 15.9 Å². The summed E-state index contributed by atoms with van der Waals surface area (Å²) in [6, 6.07) is 0. The van der Waals surface area contributed by atoms with Gasteiger partial charge >= 0.3 is 29.6 Å². The minimum atomic E-state index is -1.48. The maximum atomic E-state index is 13.1. The molecule has 103 heavy (non-hydrogen) atoms. The summed E-state index contributed by atoms with van der Waals surface area (Å²) >= 11 is 8.07. The van der Waals surface area contributed by atoms with Gasteiger partial charge in [0.05, 0.1) is 20.7 Å². The van der Waals surface area contributed by atoms with E-state index in [0.29, 0.717) is 9.07 Å². The van der Waals surface area contributed by atoms with Crippen LogP contribution in [0.2, 0.25) is 0 Å². The molecule has 5 N–H and O–H groups in total. The van der Waals surface area contributed by atoms with E-state index in [2.05, 4.69) is 39.5 Å². The summed E-state index contributed by atoms with van der Waals surface area (Å²) in [5.41, 5.74) is -0.351. The Balaban J connectivity index is 0.000000102. The Morgan fingerprint density at radius 1 is 0.301 bits per heavy atom. The molecule has 0 spiro atoms. The Morgan fingerprint density at radius 2 is 0.485 bits per heavy atom. The monoisotopic (exact) mass is 1630 g/mol. The van der Waals surface area contributed by atoms with Crippen molar-refractivity contribution in [2.75, 3.05) is 17.0 Å². The van der Waals surface area contributed by atoms with Crippen molar-refractivity contribution in [2.24, 2.45) is 142 Å². The molecule has 20 heteroatoms. The van der Waals surface area contributed by atoms with E-state index in [1.165, 1.54) is 121 Å². The first kappa shape index (κ1) is 79.7. The van der Waals surface area contributed by atoms with Gasteiger partial charge in [-0.05, 0) is 450 Å². The number of thiol groups is 1. The Morgan fingerprint density at radius 3 is 0.689 bits per heavy atom. The van der Waals surface area contributed by atoms with Crippen molar-refractivity contribution in [1.29, 1.82) is 0 Å². The summed E-state index contributed by atoms with van der Waals surface area (Å²) in [4.78, 5) is 0. The fraction of sp³-hybridized carbons (Fsp3) is 1.00. The van der Waals surface area contributed by atoms with E-state index in [4.69, 9.17) is 29.4 Å². The van der Waals surface area contributed by atoms with Crippen LogP contribution in [0.1, 0.15) is 308 Å². The molecule has 0 heterocycles. The van der Waals surface area contributed by atoms with Crippen LogP contribution in [0.25, 0.3) is 0 Å². The summed E-state index contributed by atoms with van der Waals surface area (Å²) < 4.78 is 77.6. The molecule has 32 aliphatic rings. The molecular weight excluding hydrogens is 1500 g/mol. The first-order chi connectivity index (χ1) is 47.6. The second-order valence-corrected chi connectivity index (χ2v) is 54.0. The van der Waals surface area contributed by atoms with E-state index in [0.717, 1.165) is 229 Å². The summed E-state index contributed by atoms with van der Waals surface area (Å²) in [5, 5.41) is 1.43. The number of hydrogen-bond acceptors (Lipinski definition) is 12. The average molecular weight is 1630 g/mol. The van der Waals surface area contributed by atoms with Crippen molar-refractivity contribution in [3.05, 3.63) is 0 Å². The molecule has 0 aromatic rings. The molecule has 11 nitrogen and oxygen atoms in total. The van der Waals surface area contributed by atoms with E-state index >= 15 is 0 Å². The van der Waals surface area contributed by atoms with Crippen LogP contribution in [0, 0.1) is 142 Å². The Labute approximate surface area is 675 Å². The summed E-state index contributed by atoms with van der Waals surface area (Å²) in [5.74, 6) is 22.3. The zero-order chi connectivity index (χ0) is 66.5. The third kappa shape index (κ3) is 16.6. The van der Waals surface area contributed by atoms with Gasteiger partial charge in [-0.25, -0.2) is 16.8 Å². The van der Waals surface area contributed by atoms with E-state index in [1.54, 1.807) is 116 Å². The molecule has 0 saturated heterocycles. The van der Waals surface area contributed by atoms with Crippen molar-refractivity contribution in [3.63, 3.8) is 0 Å². The number of halogens is 1. The third-order valence-corrected chi connectivity index (χ3v) is 44.1. The molecule has 0 aromatic heterocycles. The molecule has 4 unspecified atom stereocenters. The van der Waals surface area contributed by atoms with Crippen LogP contribution >= 0.6 is 52.1 Å². The molecule has 0 aromatic carbocycles. The van der Waals surface area contributed by atoms with Gasteiger partial charge in [0, 0.05) is 23.7 Å². The number of rotatable bonds is 16. The van der Waals surface area contributed by atoms with Gasteiger partial charge in [-0.15, -0.1) is 23.5 Å². The number of thioether (sulfide) groups is 2. The largest absolute Gasteiger partial charge is 1.00 e. The predicted molar refractivity (Wildman–Crippen MR) is 421 cm³/mol. The summed E-state index contributed by atoms with van der Waals surface area (Å²) in [7, 11) is 0. The standard InChI is InChI=1S/2C21H32O4S2.C21H32S2.C10H15Br.C10H16S.Na.3H2O/c2*22-26(25-20-7-14-1-15(8-20)3-16(2-14)9-20)13-24-27(23)21-10-17-4-18(11-21)6-19(5-17)12-21;1-14-2-16-3-15(1)8-20(7-14,9-16)22-13-23-21-10-17-4-18(11-21)6-19(5-17)12-21;2*11-10-4-7-1-8(5-10)3-9(2-7)6-10;;;;/h2*14-19H,1-13H2;14-19H,1-13H2;7-9H,1-6H2;7-9,11H,1-6H2;;3*1H2/q;;;;;+1;;;/p-1. The molecule has 580 valence electrons. The van der Waals surface area contributed by atoms with Gasteiger partial charge in [-0.3, -0.25) is 16.7 Å². The Hall–Kier alpha value is 2.85. The quantitative estimate of drug-likeness (QED) is 0.0667. The fourth-order valence-electron chi connectivity index (χ4n) is 34.4. The molecule has 0 amide bonds. The number of hydrogen-bond donors (Lipinski definition) is 1. The van der Waals surface area contributed by atoms with E-state index < -0.39 is 44.3 Å². The average Bonchev–Trinajstić information content (AvgIpc) is 0.730. The van der Waals surface area contributed by atoms with Crippen LogP contribution < -0.4 is 29.6 Å². The topological polar surface area (TPSA) is 198 Å². The van der Waals surface area contributed by atoms with Gasteiger partial charge < -0.3 is 16.4 Å². The molecule has 0 aliphatic heterocycles. The van der Waals surface area contributed by atoms with Gasteiger partial charge in [0.25, 0.3) is 0 Å². The number of alkyl halides is 1. The minimum absolute atomic E-state index is 0.